The van der Waals surface area contributed by atoms with E-state index >= 15 is 0 Å². The van der Waals surface area contributed by atoms with Gasteiger partial charge in [0, 0.05) is 12.3 Å². The summed E-state index contributed by atoms with van der Waals surface area (Å²) in [5.41, 5.74) is 1.57. The molecular weight excluding hydrogens is 792 g/mol. The lowest BCUT2D eigenvalue weighted by Gasteiger charge is -2.59. The van der Waals surface area contributed by atoms with Crippen molar-refractivity contribution in [2.45, 2.75) is 210 Å². The Morgan fingerprint density at radius 1 is 0.721 bits per heavy atom. The van der Waals surface area contributed by atoms with Crippen LogP contribution < -0.4 is 0 Å². The zero-order chi connectivity index (χ0) is 43.5. The van der Waals surface area contributed by atoms with Crippen LogP contribution in [0.3, 0.4) is 0 Å². The van der Waals surface area contributed by atoms with Crippen molar-refractivity contribution in [3.8, 4) is 0 Å². The predicted molar refractivity (Wildman–Crippen MR) is 216 cm³/mol. The van der Waals surface area contributed by atoms with Gasteiger partial charge in [-0.1, -0.05) is 46.3 Å². The maximum atomic E-state index is 11.6. The quantitative estimate of drug-likeness (QED) is 0.171. The smallest absolute Gasteiger partial charge is 0.187 e. The standard InChI is InChI=1S/C46H74O15/c1-20-9-14-46(55-19-20)22(3)32-29(61-46)17-28-26-8-7-24-16-25(10-12-44(24,5)27(26)11-13-45(28,32)6)57-43-41(58-30-15-21(2)33(48)37(52)35(30)50)40(36(51)31(18-47)59-43)60-42-39(54)38(53)34(49)23(4)56-42/h7,20-23,25-43,47-54H,8-19H2,1-6H3. The third kappa shape index (κ3) is 7.44. The number of allylic oxidation sites excluding steroid dienone is 1. The van der Waals surface area contributed by atoms with Crippen molar-refractivity contribution in [3.05, 3.63) is 11.6 Å². The molecule has 4 saturated carbocycles. The van der Waals surface area contributed by atoms with E-state index < -0.39 is 104 Å². The van der Waals surface area contributed by atoms with Gasteiger partial charge in [0.25, 0.3) is 0 Å². The molecule has 0 aromatic rings. The summed E-state index contributed by atoms with van der Waals surface area (Å²) in [5, 5.41) is 86.3. The van der Waals surface area contributed by atoms with Crippen LogP contribution in [0, 0.1) is 52.3 Å². The molecule has 4 saturated heterocycles. The maximum absolute atomic E-state index is 11.6. The molecule has 9 rings (SSSR count). The van der Waals surface area contributed by atoms with Gasteiger partial charge in [0.15, 0.2) is 18.4 Å². The van der Waals surface area contributed by atoms with E-state index in [1.54, 1.807) is 6.92 Å². The second-order valence-corrected chi connectivity index (χ2v) is 21.6. The Balaban J connectivity index is 0.937. The van der Waals surface area contributed by atoms with Crippen LogP contribution in [0.2, 0.25) is 0 Å². The lowest BCUT2D eigenvalue weighted by atomic mass is 9.47. The molecule has 8 fully saturated rings. The molecule has 0 aromatic heterocycles. The van der Waals surface area contributed by atoms with Crippen molar-refractivity contribution in [2.75, 3.05) is 13.2 Å². The van der Waals surface area contributed by atoms with Crippen molar-refractivity contribution in [2.24, 2.45) is 52.3 Å². The van der Waals surface area contributed by atoms with E-state index in [1.165, 1.54) is 18.9 Å². The fraction of sp³-hybridized carbons (Fsp3) is 0.957. The van der Waals surface area contributed by atoms with Gasteiger partial charge in [0.1, 0.15) is 54.9 Å². The third-order valence-electron chi connectivity index (χ3n) is 18.2. The van der Waals surface area contributed by atoms with Gasteiger partial charge in [-0.25, -0.2) is 0 Å². The molecule has 0 amide bonds. The largest absolute Gasteiger partial charge is 0.394 e. The number of hydrogen-bond donors (Lipinski definition) is 8. The van der Waals surface area contributed by atoms with E-state index in [2.05, 4.69) is 33.8 Å². The van der Waals surface area contributed by atoms with E-state index in [1.807, 2.05) is 0 Å². The molecule has 9 aliphatic rings. The predicted octanol–water partition coefficient (Wildman–Crippen LogP) is 1.91. The Labute approximate surface area is 360 Å². The highest BCUT2D eigenvalue weighted by atomic mass is 16.7. The van der Waals surface area contributed by atoms with Gasteiger partial charge in [-0.2, -0.15) is 0 Å². The Bertz CT molecular complexity index is 1590. The van der Waals surface area contributed by atoms with Crippen molar-refractivity contribution in [1.82, 2.24) is 0 Å². The van der Waals surface area contributed by atoms with E-state index in [9.17, 15) is 40.9 Å². The number of fused-ring (bicyclic) bond motifs is 7. The van der Waals surface area contributed by atoms with Gasteiger partial charge in [-0.3, -0.25) is 0 Å². The number of aliphatic hydroxyl groups excluding tert-OH is 8. The Morgan fingerprint density at radius 3 is 2.20 bits per heavy atom. The molecule has 15 nitrogen and oxygen atoms in total. The molecule has 15 heteroatoms. The van der Waals surface area contributed by atoms with Gasteiger partial charge in [-0.15, -0.1) is 0 Å². The molecule has 5 aliphatic carbocycles. The Morgan fingerprint density at radius 2 is 1.48 bits per heavy atom. The van der Waals surface area contributed by atoms with Gasteiger partial charge in [0.2, 0.25) is 0 Å². The zero-order valence-corrected chi connectivity index (χ0v) is 36.8. The molecule has 1 spiro atoms. The van der Waals surface area contributed by atoms with E-state index in [0.717, 1.165) is 45.1 Å². The van der Waals surface area contributed by atoms with Gasteiger partial charge >= 0.3 is 0 Å². The number of rotatable bonds is 7. The monoisotopic (exact) mass is 867 g/mol. The minimum Gasteiger partial charge on any atom is -0.394 e. The van der Waals surface area contributed by atoms with Crippen molar-refractivity contribution in [3.63, 3.8) is 0 Å². The molecule has 0 bridgehead atoms. The van der Waals surface area contributed by atoms with Crippen LogP contribution in [-0.2, 0) is 33.2 Å². The summed E-state index contributed by atoms with van der Waals surface area (Å²) in [6.45, 7) is 13.1. The SMILES string of the molecule is CC1CCC2(OC1)OC1CC3C4CC=C5CC(OC6OC(CO)C(O)C(OC7OC(C)C(O)C(O)C7O)C6OC6CC(C)C(O)C(O)C6O)CCC5(C)C4CCC3(C)C1C2C. The Hall–Kier alpha value is -0.860. The summed E-state index contributed by atoms with van der Waals surface area (Å²) in [5.74, 6) is 2.23. The second-order valence-electron chi connectivity index (χ2n) is 21.6. The first-order valence-electron chi connectivity index (χ1n) is 23.6. The van der Waals surface area contributed by atoms with E-state index in [0.29, 0.717) is 48.3 Å². The Kier molecular flexibility index (Phi) is 12.5. The average molecular weight is 867 g/mol. The number of ether oxygens (including phenoxy) is 7. The molecule has 26 unspecified atom stereocenters. The third-order valence-corrected chi connectivity index (χ3v) is 18.2. The highest BCUT2D eigenvalue weighted by molar-refractivity contribution is 5.26. The summed E-state index contributed by atoms with van der Waals surface area (Å²) in [4.78, 5) is 0. The number of aliphatic hydroxyl groups is 8. The normalized spacial score (nSPS) is 58.4. The minimum absolute atomic E-state index is 0.00715. The van der Waals surface area contributed by atoms with Crippen LogP contribution >= 0.6 is 0 Å². The molecule has 4 heterocycles. The summed E-state index contributed by atoms with van der Waals surface area (Å²) < 4.78 is 45.1. The fourth-order valence-corrected chi connectivity index (χ4v) is 14.4. The first kappa shape index (κ1) is 45.3. The lowest BCUT2D eigenvalue weighted by Crippen LogP contribution is -2.66. The molecule has 26 atom stereocenters. The molecule has 8 N–H and O–H groups in total. The molecule has 61 heavy (non-hydrogen) atoms. The molecule has 4 aliphatic heterocycles. The van der Waals surface area contributed by atoms with Crippen molar-refractivity contribution in [1.29, 1.82) is 0 Å². The van der Waals surface area contributed by atoms with E-state index in [-0.39, 0.29) is 29.5 Å². The highest BCUT2D eigenvalue weighted by Crippen LogP contribution is 2.70. The molecule has 348 valence electrons. The van der Waals surface area contributed by atoms with Crippen LogP contribution in [0.1, 0.15) is 106 Å². The van der Waals surface area contributed by atoms with Gasteiger partial charge < -0.3 is 74.0 Å². The second kappa shape index (κ2) is 16.8. The number of hydrogen-bond acceptors (Lipinski definition) is 15. The fourth-order valence-electron chi connectivity index (χ4n) is 14.4. The first-order chi connectivity index (χ1) is 28.9. The summed E-state index contributed by atoms with van der Waals surface area (Å²) in [6.07, 6.45) is -7.71. The van der Waals surface area contributed by atoms with Crippen LogP contribution in [0.4, 0.5) is 0 Å². The summed E-state index contributed by atoms with van der Waals surface area (Å²) >= 11 is 0. The minimum atomic E-state index is -1.70. The molecule has 0 radical (unpaired) electrons. The topological polar surface area (TPSA) is 226 Å². The zero-order valence-electron chi connectivity index (χ0n) is 36.8. The van der Waals surface area contributed by atoms with Crippen LogP contribution in [-0.4, -0.2) is 158 Å². The van der Waals surface area contributed by atoms with Gasteiger partial charge in [0.05, 0.1) is 43.7 Å². The lowest BCUT2D eigenvalue weighted by molar-refractivity contribution is -0.374. The first-order valence-corrected chi connectivity index (χ1v) is 23.6. The summed E-state index contributed by atoms with van der Waals surface area (Å²) in [7, 11) is 0. The summed E-state index contributed by atoms with van der Waals surface area (Å²) in [6, 6.07) is 0. The van der Waals surface area contributed by atoms with E-state index in [4.69, 9.17) is 33.2 Å². The average Bonchev–Trinajstić information content (AvgIpc) is 3.69. The van der Waals surface area contributed by atoms with Crippen LogP contribution in [0.5, 0.6) is 0 Å². The highest BCUT2D eigenvalue weighted by Gasteiger charge is 2.69. The van der Waals surface area contributed by atoms with Crippen molar-refractivity contribution >= 4 is 0 Å². The van der Waals surface area contributed by atoms with Crippen LogP contribution in [0.15, 0.2) is 11.6 Å². The molecular formula is C46H74O15. The van der Waals surface area contributed by atoms with Crippen molar-refractivity contribution < 1.29 is 74.0 Å². The maximum Gasteiger partial charge on any atom is 0.187 e. The molecule has 0 aromatic carbocycles. The van der Waals surface area contributed by atoms with Crippen LogP contribution in [0.25, 0.3) is 0 Å². The van der Waals surface area contributed by atoms with Gasteiger partial charge in [-0.05, 0) is 111 Å².